The first-order chi connectivity index (χ1) is 6.86. The quantitative estimate of drug-likeness (QED) is 0.735. The van der Waals surface area contributed by atoms with Crippen LogP contribution in [0, 0.1) is 0 Å². The number of aromatic nitrogens is 3. The standard InChI is InChI=1S/C9H15N5/c1-14(7-8-3-2-4-10-8)9-11-5-6-12-13-9/h5-6,8,10H,2-4,7H2,1H3. The van der Waals surface area contributed by atoms with Crippen molar-refractivity contribution in [1.29, 1.82) is 0 Å². The molecule has 1 saturated heterocycles. The van der Waals surface area contributed by atoms with Crippen LogP contribution in [0.3, 0.4) is 0 Å². The molecule has 5 heteroatoms. The Kier molecular flexibility index (Phi) is 2.88. The summed E-state index contributed by atoms with van der Waals surface area (Å²) in [6.45, 7) is 2.08. The molecule has 76 valence electrons. The fraction of sp³-hybridized carbons (Fsp3) is 0.667. The Morgan fingerprint density at radius 1 is 1.57 bits per heavy atom. The van der Waals surface area contributed by atoms with E-state index in [2.05, 4.69) is 20.5 Å². The summed E-state index contributed by atoms with van der Waals surface area (Å²) in [5.41, 5.74) is 0. The molecule has 0 bridgehead atoms. The van der Waals surface area contributed by atoms with Crippen LogP contribution in [0.1, 0.15) is 12.8 Å². The van der Waals surface area contributed by atoms with Gasteiger partial charge in [0.2, 0.25) is 5.95 Å². The molecule has 0 aromatic carbocycles. The fourth-order valence-corrected chi connectivity index (χ4v) is 1.74. The number of hydrogen-bond acceptors (Lipinski definition) is 5. The summed E-state index contributed by atoms with van der Waals surface area (Å²) < 4.78 is 0. The Morgan fingerprint density at radius 3 is 3.14 bits per heavy atom. The molecule has 1 aromatic heterocycles. The van der Waals surface area contributed by atoms with Gasteiger partial charge in [0.05, 0.1) is 12.4 Å². The molecule has 1 aliphatic rings. The van der Waals surface area contributed by atoms with Gasteiger partial charge in [-0.15, -0.1) is 5.10 Å². The molecule has 1 N–H and O–H groups in total. The van der Waals surface area contributed by atoms with Gasteiger partial charge in [0.25, 0.3) is 0 Å². The largest absolute Gasteiger partial charge is 0.341 e. The zero-order valence-corrected chi connectivity index (χ0v) is 8.35. The van der Waals surface area contributed by atoms with E-state index in [9.17, 15) is 0 Å². The smallest absolute Gasteiger partial charge is 0.245 e. The number of nitrogens with one attached hydrogen (secondary N) is 1. The van der Waals surface area contributed by atoms with E-state index >= 15 is 0 Å². The van der Waals surface area contributed by atoms with Crippen LogP contribution in [0.4, 0.5) is 5.95 Å². The lowest BCUT2D eigenvalue weighted by atomic mass is 10.2. The van der Waals surface area contributed by atoms with Crippen LogP contribution in [-0.4, -0.2) is 41.4 Å². The lowest BCUT2D eigenvalue weighted by Crippen LogP contribution is -2.36. The summed E-state index contributed by atoms with van der Waals surface area (Å²) in [7, 11) is 2.00. The fourth-order valence-electron chi connectivity index (χ4n) is 1.74. The minimum atomic E-state index is 0.573. The summed E-state index contributed by atoms with van der Waals surface area (Å²) in [5, 5.41) is 11.2. The average molecular weight is 193 g/mol. The second kappa shape index (κ2) is 4.32. The van der Waals surface area contributed by atoms with Crippen molar-refractivity contribution in [3.05, 3.63) is 12.4 Å². The molecule has 1 fully saturated rings. The molecule has 0 saturated carbocycles. The summed E-state index contributed by atoms with van der Waals surface area (Å²) in [6.07, 6.45) is 5.77. The third-order valence-corrected chi connectivity index (χ3v) is 2.47. The molecule has 0 amide bonds. The SMILES string of the molecule is CN(CC1CCCN1)c1nccnn1. The normalized spacial score (nSPS) is 21.1. The number of anilines is 1. The number of hydrogen-bond donors (Lipinski definition) is 1. The van der Waals surface area contributed by atoms with Gasteiger partial charge in [-0.3, -0.25) is 0 Å². The van der Waals surface area contributed by atoms with Crippen LogP contribution >= 0.6 is 0 Å². The highest BCUT2D eigenvalue weighted by Gasteiger charge is 2.16. The number of likely N-dealkylation sites (N-methyl/N-ethyl adjacent to an activating group) is 1. The maximum atomic E-state index is 4.15. The highest BCUT2D eigenvalue weighted by Crippen LogP contribution is 2.08. The van der Waals surface area contributed by atoms with E-state index in [1.54, 1.807) is 12.4 Å². The highest BCUT2D eigenvalue weighted by atomic mass is 15.3. The van der Waals surface area contributed by atoms with Gasteiger partial charge in [0.15, 0.2) is 0 Å². The third-order valence-electron chi connectivity index (χ3n) is 2.47. The predicted molar refractivity (Wildman–Crippen MR) is 54.1 cm³/mol. The number of rotatable bonds is 3. The van der Waals surface area contributed by atoms with E-state index in [0.29, 0.717) is 12.0 Å². The zero-order chi connectivity index (χ0) is 9.80. The van der Waals surface area contributed by atoms with Crippen LogP contribution < -0.4 is 10.2 Å². The summed E-state index contributed by atoms with van der Waals surface area (Å²) in [5.74, 6) is 0.696. The van der Waals surface area contributed by atoms with Gasteiger partial charge in [-0.25, -0.2) is 4.98 Å². The van der Waals surface area contributed by atoms with Crippen molar-refractivity contribution in [2.24, 2.45) is 0 Å². The molecule has 2 rings (SSSR count). The molecule has 0 aliphatic carbocycles. The molecular weight excluding hydrogens is 178 g/mol. The Hall–Kier alpha value is -1.23. The third kappa shape index (κ3) is 2.17. The van der Waals surface area contributed by atoms with E-state index in [0.717, 1.165) is 13.1 Å². The molecule has 0 spiro atoms. The van der Waals surface area contributed by atoms with Crippen molar-refractivity contribution < 1.29 is 0 Å². The Bertz CT molecular complexity index is 270. The first kappa shape index (κ1) is 9.33. The van der Waals surface area contributed by atoms with Gasteiger partial charge in [-0.1, -0.05) is 0 Å². The minimum Gasteiger partial charge on any atom is -0.341 e. The maximum absolute atomic E-state index is 4.15. The zero-order valence-electron chi connectivity index (χ0n) is 8.35. The molecule has 14 heavy (non-hydrogen) atoms. The molecule has 1 aromatic rings. The monoisotopic (exact) mass is 193 g/mol. The second-order valence-electron chi connectivity index (χ2n) is 3.62. The second-order valence-corrected chi connectivity index (χ2v) is 3.62. The molecule has 5 nitrogen and oxygen atoms in total. The summed E-state index contributed by atoms with van der Waals surface area (Å²) in [4.78, 5) is 6.18. The topological polar surface area (TPSA) is 53.9 Å². The van der Waals surface area contributed by atoms with Crippen LogP contribution in [0.15, 0.2) is 12.4 Å². The van der Waals surface area contributed by atoms with Crippen LogP contribution in [0.2, 0.25) is 0 Å². The molecular formula is C9H15N5. The van der Waals surface area contributed by atoms with E-state index in [1.165, 1.54) is 12.8 Å². The van der Waals surface area contributed by atoms with Crippen molar-refractivity contribution in [2.75, 3.05) is 25.0 Å². The van der Waals surface area contributed by atoms with Crippen molar-refractivity contribution in [1.82, 2.24) is 20.5 Å². The van der Waals surface area contributed by atoms with Gasteiger partial charge in [0.1, 0.15) is 0 Å². The maximum Gasteiger partial charge on any atom is 0.245 e. The van der Waals surface area contributed by atoms with Gasteiger partial charge < -0.3 is 10.2 Å². The van der Waals surface area contributed by atoms with Crippen LogP contribution in [0.5, 0.6) is 0 Å². The molecule has 1 unspecified atom stereocenters. The molecule has 1 aliphatic heterocycles. The first-order valence-corrected chi connectivity index (χ1v) is 4.94. The van der Waals surface area contributed by atoms with E-state index in [1.807, 2.05) is 11.9 Å². The van der Waals surface area contributed by atoms with Gasteiger partial charge in [-0.05, 0) is 19.4 Å². The van der Waals surface area contributed by atoms with E-state index in [-0.39, 0.29) is 0 Å². The summed E-state index contributed by atoms with van der Waals surface area (Å²) >= 11 is 0. The van der Waals surface area contributed by atoms with Crippen LogP contribution in [0.25, 0.3) is 0 Å². The first-order valence-electron chi connectivity index (χ1n) is 4.94. The Labute approximate surface area is 83.6 Å². The summed E-state index contributed by atoms with van der Waals surface area (Å²) in [6, 6.07) is 0.573. The van der Waals surface area contributed by atoms with Gasteiger partial charge in [0, 0.05) is 19.6 Å². The lowest BCUT2D eigenvalue weighted by Gasteiger charge is -2.20. The van der Waals surface area contributed by atoms with Gasteiger partial charge in [-0.2, -0.15) is 5.10 Å². The number of nitrogens with zero attached hydrogens (tertiary/aromatic N) is 4. The van der Waals surface area contributed by atoms with E-state index < -0.39 is 0 Å². The van der Waals surface area contributed by atoms with Crippen LogP contribution in [-0.2, 0) is 0 Å². The Balaban J connectivity index is 1.92. The molecule has 1 atom stereocenters. The average Bonchev–Trinajstić information content (AvgIpc) is 2.72. The lowest BCUT2D eigenvalue weighted by molar-refractivity contribution is 0.592. The van der Waals surface area contributed by atoms with Crippen molar-refractivity contribution in [3.8, 4) is 0 Å². The van der Waals surface area contributed by atoms with Crippen molar-refractivity contribution >= 4 is 5.95 Å². The Morgan fingerprint density at radius 2 is 2.50 bits per heavy atom. The van der Waals surface area contributed by atoms with E-state index in [4.69, 9.17) is 0 Å². The van der Waals surface area contributed by atoms with Crippen molar-refractivity contribution in [3.63, 3.8) is 0 Å². The highest BCUT2D eigenvalue weighted by molar-refractivity contribution is 5.25. The van der Waals surface area contributed by atoms with Crippen molar-refractivity contribution in [2.45, 2.75) is 18.9 Å². The predicted octanol–water partition coefficient (Wildman–Crippen LogP) is 0.0598. The van der Waals surface area contributed by atoms with Gasteiger partial charge >= 0.3 is 0 Å². The molecule has 2 heterocycles. The molecule has 0 radical (unpaired) electrons. The minimum absolute atomic E-state index is 0.573.